The first-order chi connectivity index (χ1) is 14.2. The van der Waals surface area contributed by atoms with Gasteiger partial charge in [0, 0.05) is 12.1 Å². The van der Waals surface area contributed by atoms with Crippen molar-refractivity contribution in [1.29, 1.82) is 0 Å². The van der Waals surface area contributed by atoms with Crippen molar-refractivity contribution in [3.05, 3.63) is 47.0 Å². The molecule has 0 heterocycles. The maximum absolute atomic E-state index is 12.5. The van der Waals surface area contributed by atoms with Crippen molar-refractivity contribution in [2.75, 3.05) is 5.32 Å². The topological polar surface area (TPSA) is 113 Å². The second-order valence-corrected chi connectivity index (χ2v) is 7.76. The van der Waals surface area contributed by atoms with E-state index in [2.05, 4.69) is 5.32 Å². The number of nitrogens with one attached hydrogen (secondary N) is 1. The number of amides is 1. The van der Waals surface area contributed by atoms with E-state index < -0.39 is 18.3 Å². The molecule has 158 valence electrons. The summed E-state index contributed by atoms with van der Waals surface area (Å²) in [6.45, 7) is 3.61. The van der Waals surface area contributed by atoms with Gasteiger partial charge in [0.05, 0.1) is 5.56 Å². The van der Waals surface area contributed by atoms with E-state index in [1.165, 1.54) is 6.07 Å². The maximum atomic E-state index is 12.5. The van der Waals surface area contributed by atoms with Gasteiger partial charge in [0.15, 0.2) is 5.78 Å². The van der Waals surface area contributed by atoms with Crippen molar-refractivity contribution in [2.24, 2.45) is 5.92 Å². The van der Waals surface area contributed by atoms with Gasteiger partial charge in [-0.25, -0.2) is 0 Å². The Morgan fingerprint density at radius 1 is 1.10 bits per heavy atom. The largest absolute Gasteiger partial charge is 0.507 e. The van der Waals surface area contributed by atoms with Crippen LogP contribution in [-0.4, -0.2) is 27.9 Å². The van der Waals surface area contributed by atoms with Crippen molar-refractivity contribution in [1.82, 2.24) is 0 Å². The Morgan fingerprint density at radius 3 is 2.33 bits per heavy atom. The molecule has 7 heteroatoms. The standard InChI is InChI=1S/C23H25NO6/c1-13-8-16(24-21(27)12-22(28)29)9-14(2)23(13)30-17-6-7-19(25)18(11-17)20(26)10-15-4-3-5-15/h6-9,11,15,25H,3-5,10,12H2,1-2H3,(H,24,27)(H,28,29). The van der Waals surface area contributed by atoms with Gasteiger partial charge < -0.3 is 20.3 Å². The summed E-state index contributed by atoms with van der Waals surface area (Å²) < 4.78 is 5.99. The number of rotatable bonds is 8. The van der Waals surface area contributed by atoms with Crippen LogP contribution in [0, 0.1) is 19.8 Å². The molecule has 3 N–H and O–H groups in total. The van der Waals surface area contributed by atoms with Crippen molar-refractivity contribution >= 4 is 23.3 Å². The van der Waals surface area contributed by atoms with Crippen LogP contribution in [0.3, 0.4) is 0 Å². The minimum atomic E-state index is -1.20. The fourth-order valence-corrected chi connectivity index (χ4v) is 3.51. The highest BCUT2D eigenvalue weighted by Gasteiger charge is 2.23. The predicted molar refractivity (Wildman–Crippen MR) is 111 cm³/mol. The lowest BCUT2D eigenvalue weighted by atomic mass is 9.81. The van der Waals surface area contributed by atoms with E-state index in [-0.39, 0.29) is 17.1 Å². The van der Waals surface area contributed by atoms with Crippen LogP contribution in [-0.2, 0) is 9.59 Å². The van der Waals surface area contributed by atoms with Crippen LogP contribution < -0.4 is 10.1 Å². The van der Waals surface area contributed by atoms with E-state index in [0.29, 0.717) is 29.5 Å². The number of ketones is 1. The second kappa shape index (κ2) is 8.98. The predicted octanol–water partition coefficient (Wildman–Crippen LogP) is 4.59. The third-order valence-electron chi connectivity index (χ3n) is 5.24. The zero-order valence-corrected chi connectivity index (χ0v) is 17.0. The van der Waals surface area contributed by atoms with Crippen molar-refractivity contribution in [2.45, 2.75) is 46.0 Å². The van der Waals surface area contributed by atoms with Crippen LogP contribution in [0.25, 0.3) is 0 Å². The molecule has 1 amide bonds. The second-order valence-electron chi connectivity index (χ2n) is 7.76. The summed E-state index contributed by atoms with van der Waals surface area (Å²) in [6.07, 6.45) is 3.08. The molecule has 0 saturated heterocycles. The number of hydrogen-bond donors (Lipinski definition) is 3. The number of Topliss-reactive ketones (excluding diaryl/α,β-unsaturated/α-hetero) is 1. The normalized spacial score (nSPS) is 13.4. The van der Waals surface area contributed by atoms with E-state index in [0.717, 1.165) is 30.4 Å². The molecule has 1 aliphatic carbocycles. The number of phenolic OH excluding ortho intramolecular Hbond substituents is 1. The molecule has 1 aliphatic rings. The average molecular weight is 411 g/mol. The molecule has 0 spiro atoms. The number of carboxylic acid groups (broad SMARTS) is 1. The number of hydrogen-bond acceptors (Lipinski definition) is 5. The first-order valence-electron chi connectivity index (χ1n) is 9.90. The molecule has 3 rings (SSSR count). The summed E-state index contributed by atoms with van der Waals surface area (Å²) in [6, 6.07) is 7.97. The van der Waals surface area contributed by atoms with Crippen LogP contribution in [0.1, 0.15) is 53.6 Å². The number of carbonyl (C=O) groups excluding carboxylic acids is 2. The fourth-order valence-electron chi connectivity index (χ4n) is 3.51. The van der Waals surface area contributed by atoms with Crippen LogP contribution in [0.4, 0.5) is 5.69 Å². The Bertz CT molecular complexity index is 970. The van der Waals surface area contributed by atoms with Crippen molar-refractivity contribution < 1.29 is 29.3 Å². The third kappa shape index (κ3) is 5.17. The lowest BCUT2D eigenvalue weighted by molar-refractivity contribution is -0.139. The van der Waals surface area contributed by atoms with Gasteiger partial charge in [0.2, 0.25) is 5.91 Å². The Hall–Kier alpha value is -3.35. The van der Waals surface area contributed by atoms with Crippen LogP contribution in [0.2, 0.25) is 0 Å². The number of aliphatic carboxylic acids is 1. The van der Waals surface area contributed by atoms with Gasteiger partial charge in [-0.1, -0.05) is 19.3 Å². The zero-order chi connectivity index (χ0) is 21.8. The molecule has 0 bridgehead atoms. The molecule has 1 saturated carbocycles. The molecule has 0 aliphatic heterocycles. The smallest absolute Gasteiger partial charge is 0.312 e. The van der Waals surface area contributed by atoms with E-state index in [1.807, 2.05) is 0 Å². The first-order valence-corrected chi connectivity index (χ1v) is 9.90. The van der Waals surface area contributed by atoms with Crippen LogP contribution in [0.15, 0.2) is 30.3 Å². The highest BCUT2D eigenvalue weighted by molar-refractivity contribution is 6.01. The number of anilines is 1. The molecule has 0 atom stereocenters. The summed E-state index contributed by atoms with van der Waals surface area (Å²) in [7, 11) is 0. The Morgan fingerprint density at radius 2 is 1.77 bits per heavy atom. The summed E-state index contributed by atoms with van der Waals surface area (Å²) in [4.78, 5) is 34.9. The van der Waals surface area contributed by atoms with Crippen LogP contribution in [0.5, 0.6) is 17.2 Å². The van der Waals surface area contributed by atoms with E-state index >= 15 is 0 Å². The minimum absolute atomic E-state index is 0.0587. The van der Waals surface area contributed by atoms with Gasteiger partial charge in [-0.2, -0.15) is 0 Å². The summed E-state index contributed by atoms with van der Waals surface area (Å²) in [5.41, 5.74) is 2.20. The number of phenols is 1. The van der Waals surface area contributed by atoms with Gasteiger partial charge in [0.1, 0.15) is 23.7 Å². The van der Waals surface area contributed by atoms with E-state index in [4.69, 9.17) is 9.84 Å². The molecule has 0 unspecified atom stereocenters. The number of aromatic hydroxyl groups is 1. The number of ether oxygens (including phenoxy) is 1. The van der Waals surface area contributed by atoms with Gasteiger partial charge in [-0.15, -0.1) is 0 Å². The average Bonchev–Trinajstić information content (AvgIpc) is 2.61. The third-order valence-corrected chi connectivity index (χ3v) is 5.24. The van der Waals surface area contributed by atoms with E-state index in [1.54, 1.807) is 38.1 Å². The zero-order valence-electron chi connectivity index (χ0n) is 17.0. The first kappa shape index (κ1) is 21.4. The Labute approximate surface area is 174 Å². The molecule has 1 fully saturated rings. The van der Waals surface area contributed by atoms with Gasteiger partial charge in [-0.05, 0) is 61.2 Å². The summed E-state index contributed by atoms with van der Waals surface area (Å²) in [5, 5.41) is 21.4. The fraction of sp³-hybridized carbons (Fsp3) is 0.348. The Kier molecular flexibility index (Phi) is 6.40. The SMILES string of the molecule is Cc1cc(NC(=O)CC(=O)O)cc(C)c1Oc1ccc(O)c(C(=O)CC2CCC2)c1. The molecule has 0 radical (unpaired) electrons. The van der Waals surface area contributed by atoms with Gasteiger partial charge in [-0.3, -0.25) is 14.4 Å². The molecule has 7 nitrogen and oxygen atoms in total. The number of benzene rings is 2. The molecular formula is C23H25NO6. The lowest BCUT2D eigenvalue weighted by Crippen LogP contribution is -2.16. The highest BCUT2D eigenvalue weighted by atomic mass is 16.5. The highest BCUT2D eigenvalue weighted by Crippen LogP contribution is 2.35. The quantitative estimate of drug-likeness (QED) is 0.433. The monoisotopic (exact) mass is 411 g/mol. The Balaban J connectivity index is 1.77. The van der Waals surface area contributed by atoms with Crippen molar-refractivity contribution in [3.8, 4) is 17.2 Å². The molecule has 2 aromatic rings. The summed E-state index contributed by atoms with van der Waals surface area (Å²) in [5.74, 6) is -0.564. The van der Waals surface area contributed by atoms with E-state index in [9.17, 15) is 19.5 Å². The molecular weight excluding hydrogens is 386 g/mol. The number of carbonyl (C=O) groups is 3. The number of carboxylic acids is 1. The molecule has 30 heavy (non-hydrogen) atoms. The maximum Gasteiger partial charge on any atom is 0.312 e. The van der Waals surface area contributed by atoms with Crippen molar-refractivity contribution in [3.63, 3.8) is 0 Å². The minimum Gasteiger partial charge on any atom is -0.507 e. The molecule has 2 aromatic carbocycles. The van der Waals surface area contributed by atoms with Crippen LogP contribution >= 0.6 is 0 Å². The van der Waals surface area contributed by atoms with Gasteiger partial charge in [0.25, 0.3) is 0 Å². The van der Waals surface area contributed by atoms with Gasteiger partial charge >= 0.3 is 5.97 Å². The summed E-state index contributed by atoms with van der Waals surface area (Å²) >= 11 is 0. The molecule has 0 aromatic heterocycles. The number of aryl methyl sites for hydroxylation is 2. The lowest BCUT2D eigenvalue weighted by Gasteiger charge is -2.24.